The van der Waals surface area contributed by atoms with Crippen LogP contribution in [0, 0.1) is 0 Å². The normalized spacial score (nSPS) is 11.2. The molecule has 0 unspecified atom stereocenters. The highest BCUT2D eigenvalue weighted by atomic mass is 19.4. The van der Waals surface area contributed by atoms with Crippen LogP contribution < -0.4 is 14.8 Å². The molecule has 1 aromatic heterocycles. The molecular formula is C21H20F3N3O2. The number of nitrogens with one attached hydrogen (secondary N) is 1. The summed E-state index contributed by atoms with van der Waals surface area (Å²) in [4.78, 5) is 7.87. The average molecular weight is 403 g/mol. The number of rotatable bonds is 7. The number of anilines is 1. The van der Waals surface area contributed by atoms with Gasteiger partial charge in [0.05, 0.1) is 19.9 Å². The number of hydrogen-bond donors (Lipinski definition) is 1. The lowest BCUT2D eigenvalue weighted by Gasteiger charge is -2.12. The van der Waals surface area contributed by atoms with Crippen molar-refractivity contribution in [2.24, 2.45) is 0 Å². The maximum atomic E-state index is 13.3. The number of aromatic nitrogens is 2. The van der Waals surface area contributed by atoms with Crippen molar-refractivity contribution in [1.82, 2.24) is 9.97 Å². The number of methoxy groups -OCH3 is 2. The lowest BCUT2D eigenvalue weighted by Crippen LogP contribution is -2.14. The minimum Gasteiger partial charge on any atom is -0.493 e. The minimum absolute atomic E-state index is 0.0702. The summed E-state index contributed by atoms with van der Waals surface area (Å²) in [5.74, 6) is 1.13. The molecule has 3 aromatic rings. The van der Waals surface area contributed by atoms with Crippen LogP contribution in [0.5, 0.6) is 11.5 Å². The van der Waals surface area contributed by atoms with Gasteiger partial charge in [-0.25, -0.2) is 9.97 Å². The fourth-order valence-corrected chi connectivity index (χ4v) is 2.78. The smallest absolute Gasteiger partial charge is 0.433 e. The highest BCUT2D eigenvalue weighted by Crippen LogP contribution is 2.31. The lowest BCUT2D eigenvalue weighted by atomic mass is 10.1. The molecule has 3 rings (SSSR count). The van der Waals surface area contributed by atoms with E-state index in [9.17, 15) is 13.2 Å². The van der Waals surface area contributed by atoms with Gasteiger partial charge in [0, 0.05) is 12.1 Å². The molecule has 0 fully saturated rings. The van der Waals surface area contributed by atoms with Gasteiger partial charge in [-0.2, -0.15) is 13.2 Å². The second-order valence-electron chi connectivity index (χ2n) is 6.19. The number of halogens is 3. The van der Waals surface area contributed by atoms with Crippen LogP contribution in [0.4, 0.5) is 19.1 Å². The number of ether oxygens (including phenoxy) is 2. The molecule has 0 saturated heterocycles. The highest BCUT2D eigenvalue weighted by Gasteiger charge is 2.33. The first-order chi connectivity index (χ1) is 13.9. The van der Waals surface area contributed by atoms with Gasteiger partial charge in [-0.15, -0.1) is 0 Å². The van der Waals surface area contributed by atoms with E-state index >= 15 is 0 Å². The maximum absolute atomic E-state index is 13.3. The van der Waals surface area contributed by atoms with Gasteiger partial charge >= 0.3 is 6.18 Å². The van der Waals surface area contributed by atoms with E-state index in [1.807, 2.05) is 12.1 Å². The van der Waals surface area contributed by atoms with E-state index in [1.54, 1.807) is 50.6 Å². The first-order valence-electron chi connectivity index (χ1n) is 8.87. The van der Waals surface area contributed by atoms with Crippen molar-refractivity contribution in [2.45, 2.75) is 12.6 Å². The summed E-state index contributed by atoms with van der Waals surface area (Å²) in [6.45, 7) is 0.352. The molecule has 0 spiro atoms. The van der Waals surface area contributed by atoms with Crippen LogP contribution in [0.15, 0.2) is 54.6 Å². The third kappa shape index (κ3) is 5.16. The zero-order valence-corrected chi connectivity index (χ0v) is 16.0. The van der Waals surface area contributed by atoms with Crippen LogP contribution in [0.25, 0.3) is 11.3 Å². The molecular weight excluding hydrogens is 383 g/mol. The zero-order valence-electron chi connectivity index (χ0n) is 16.0. The Kier molecular flexibility index (Phi) is 6.21. The van der Waals surface area contributed by atoms with Crippen molar-refractivity contribution in [3.8, 4) is 22.8 Å². The number of hydrogen-bond acceptors (Lipinski definition) is 5. The summed E-state index contributed by atoms with van der Waals surface area (Å²) in [5, 5.41) is 2.89. The van der Waals surface area contributed by atoms with Crippen LogP contribution in [0.3, 0.4) is 0 Å². The van der Waals surface area contributed by atoms with Crippen LogP contribution in [0.2, 0.25) is 0 Å². The molecule has 8 heteroatoms. The van der Waals surface area contributed by atoms with Crippen molar-refractivity contribution < 1.29 is 22.6 Å². The molecule has 152 valence electrons. The summed E-state index contributed by atoms with van der Waals surface area (Å²) in [7, 11) is 3.09. The predicted octanol–water partition coefficient (Wildman–Crippen LogP) is 4.83. The second kappa shape index (κ2) is 8.81. The van der Waals surface area contributed by atoms with Crippen molar-refractivity contribution in [3.05, 3.63) is 65.9 Å². The molecule has 0 saturated carbocycles. The Labute approximate surface area is 166 Å². The molecule has 1 N–H and O–H groups in total. The Bertz CT molecular complexity index is 963. The number of benzene rings is 2. The monoisotopic (exact) mass is 403 g/mol. The van der Waals surface area contributed by atoms with E-state index in [0.717, 1.165) is 11.6 Å². The van der Waals surface area contributed by atoms with Crippen molar-refractivity contribution in [2.75, 3.05) is 26.1 Å². The van der Waals surface area contributed by atoms with E-state index in [1.165, 1.54) is 0 Å². The van der Waals surface area contributed by atoms with E-state index in [4.69, 9.17) is 9.47 Å². The molecule has 0 aliphatic heterocycles. The van der Waals surface area contributed by atoms with Crippen molar-refractivity contribution >= 4 is 5.95 Å². The molecule has 2 aromatic carbocycles. The van der Waals surface area contributed by atoms with Gasteiger partial charge in [-0.05, 0) is 30.2 Å². The molecule has 29 heavy (non-hydrogen) atoms. The van der Waals surface area contributed by atoms with Gasteiger partial charge in [-0.3, -0.25) is 0 Å². The average Bonchev–Trinajstić information content (AvgIpc) is 2.73. The summed E-state index contributed by atoms with van der Waals surface area (Å²) in [6.07, 6.45) is -4.02. The van der Waals surface area contributed by atoms with Gasteiger partial charge < -0.3 is 14.8 Å². The van der Waals surface area contributed by atoms with Gasteiger partial charge in [0.15, 0.2) is 17.2 Å². The third-order valence-electron chi connectivity index (χ3n) is 4.23. The summed E-state index contributed by atoms with van der Waals surface area (Å²) in [5.41, 5.74) is 0.746. The Morgan fingerprint density at radius 1 is 0.897 bits per heavy atom. The molecule has 0 bridgehead atoms. The minimum atomic E-state index is -4.56. The summed E-state index contributed by atoms with van der Waals surface area (Å²) in [6, 6.07) is 15.1. The Morgan fingerprint density at radius 2 is 1.62 bits per heavy atom. The van der Waals surface area contributed by atoms with Crippen molar-refractivity contribution in [1.29, 1.82) is 0 Å². The maximum Gasteiger partial charge on any atom is 0.433 e. The largest absolute Gasteiger partial charge is 0.493 e. The van der Waals surface area contributed by atoms with Gasteiger partial charge in [0.25, 0.3) is 0 Å². The SMILES string of the molecule is COc1ccc(CCNc2nc(-c3ccccc3)cc(C(F)(F)F)n2)cc1OC. The van der Waals surface area contributed by atoms with E-state index in [-0.39, 0.29) is 11.6 Å². The van der Waals surface area contributed by atoms with E-state index in [2.05, 4.69) is 15.3 Å². The second-order valence-corrected chi connectivity index (χ2v) is 6.19. The Morgan fingerprint density at radius 3 is 2.28 bits per heavy atom. The quantitative estimate of drug-likeness (QED) is 0.612. The van der Waals surface area contributed by atoms with Crippen LogP contribution in [-0.4, -0.2) is 30.7 Å². The standard InChI is InChI=1S/C21H20F3N3O2/c1-28-17-9-8-14(12-18(17)29-2)10-11-25-20-26-16(15-6-4-3-5-7-15)13-19(27-20)21(22,23)24/h3-9,12-13H,10-11H2,1-2H3,(H,25,26,27). The van der Waals surface area contributed by atoms with Crippen LogP contribution in [-0.2, 0) is 12.6 Å². The summed E-state index contributed by atoms with van der Waals surface area (Å²) < 4.78 is 50.2. The predicted molar refractivity (Wildman–Crippen MR) is 104 cm³/mol. The van der Waals surface area contributed by atoms with Gasteiger partial charge in [0.2, 0.25) is 5.95 Å². The molecule has 0 radical (unpaired) electrons. The highest BCUT2D eigenvalue weighted by molar-refractivity contribution is 5.60. The van der Waals surface area contributed by atoms with E-state index < -0.39 is 11.9 Å². The third-order valence-corrected chi connectivity index (χ3v) is 4.23. The number of nitrogens with zero attached hydrogens (tertiary/aromatic N) is 2. The van der Waals surface area contributed by atoms with Crippen LogP contribution in [0.1, 0.15) is 11.3 Å². The van der Waals surface area contributed by atoms with Crippen LogP contribution >= 0.6 is 0 Å². The molecule has 0 atom stereocenters. The molecule has 0 aliphatic rings. The summed E-state index contributed by atoms with van der Waals surface area (Å²) >= 11 is 0. The molecule has 1 heterocycles. The fraction of sp³-hybridized carbons (Fsp3) is 0.238. The first-order valence-corrected chi connectivity index (χ1v) is 8.87. The topological polar surface area (TPSA) is 56.3 Å². The van der Waals surface area contributed by atoms with Gasteiger partial charge in [0.1, 0.15) is 0 Å². The number of alkyl halides is 3. The zero-order chi connectivity index (χ0) is 20.9. The lowest BCUT2D eigenvalue weighted by molar-refractivity contribution is -0.141. The Balaban J connectivity index is 1.78. The Hall–Kier alpha value is -3.29. The van der Waals surface area contributed by atoms with E-state index in [0.29, 0.717) is 30.0 Å². The molecule has 0 aliphatic carbocycles. The van der Waals surface area contributed by atoms with Gasteiger partial charge in [-0.1, -0.05) is 36.4 Å². The van der Waals surface area contributed by atoms with Crippen molar-refractivity contribution in [3.63, 3.8) is 0 Å². The molecule has 5 nitrogen and oxygen atoms in total. The fourth-order valence-electron chi connectivity index (χ4n) is 2.78. The first kappa shape index (κ1) is 20.4. The molecule has 0 amide bonds.